The lowest BCUT2D eigenvalue weighted by atomic mass is 9.90. The maximum atomic E-state index is 12.9. The molecule has 126 valence electrons. The summed E-state index contributed by atoms with van der Waals surface area (Å²) in [6.07, 6.45) is 0.836. The van der Waals surface area contributed by atoms with Crippen LogP contribution >= 0.6 is 0 Å². The Bertz CT molecular complexity index is 755. The molecule has 1 amide bonds. The molecule has 1 N–H and O–H groups in total. The Morgan fingerprint density at radius 2 is 1.32 bits per heavy atom. The third kappa shape index (κ3) is 4.57. The lowest BCUT2D eigenvalue weighted by Gasteiger charge is -2.18. The van der Waals surface area contributed by atoms with Crippen molar-refractivity contribution in [3.05, 3.63) is 107 Å². The zero-order chi connectivity index (χ0) is 17.5. The fourth-order valence-corrected chi connectivity index (χ4v) is 2.97. The summed E-state index contributed by atoms with van der Waals surface area (Å²) in [7, 11) is 0. The molecule has 2 nitrogen and oxygen atoms in total. The van der Waals surface area contributed by atoms with Crippen molar-refractivity contribution in [3.63, 3.8) is 0 Å². The standard InChI is InChI=1S/C23H23NO/c1-18-12-14-19(15-13-18)16-17-24-23(25)22(20-8-4-2-5-9-20)21-10-6-3-7-11-21/h2-15,22H,16-17H2,1H3,(H,24,25). The van der Waals surface area contributed by atoms with Crippen LogP contribution in [0.5, 0.6) is 0 Å². The largest absolute Gasteiger partial charge is 0.355 e. The third-order valence-electron chi connectivity index (χ3n) is 4.36. The second kappa shape index (κ2) is 8.29. The molecule has 0 aromatic heterocycles. The lowest BCUT2D eigenvalue weighted by Crippen LogP contribution is -2.31. The van der Waals surface area contributed by atoms with Gasteiger partial charge >= 0.3 is 0 Å². The van der Waals surface area contributed by atoms with Crippen LogP contribution in [0, 0.1) is 6.92 Å². The van der Waals surface area contributed by atoms with Gasteiger partial charge in [0.1, 0.15) is 0 Å². The Morgan fingerprint density at radius 3 is 1.84 bits per heavy atom. The normalized spacial score (nSPS) is 10.6. The third-order valence-corrected chi connectivity index (χ3v) is 4.36. The highest BCUT2D eigenvalue weighted by atomic mass is 16.1. The van der Waals surface area contributed by atoms with Gasteiger partial charge in [-0.05, 0) is 30.0 Å². The van der Waals surface area contributed by atoms with Crippen molar-refractivity contribution in [1.29, 1.82) is 0 Å². The van der Waals surface area contributed by atoms with Crippen molar-refractivity contribution in [2.75, 3.05) is 6.54 Å². The van der Waals surface area contributed by atoms with Gasteiger partial charge in [0, 0.05) is 6.54 Å². The molecular weight excluding hydrogens is 306 g/mol. The van der Waals surface area contributed by atoms with Crippen LogP contribution in [-0.4, -0.2) is 12.5 Å². The first-order chi connectivity index (χ1) is 12.2. The van der Waals surface area contributed by atoms with Gasteiger partial charge in [-0.15, -0.1) is 0 Å². The molecule has 0 saturated carbocycles. The van der Waals surface area contributed by atoms with E-state index >= 15 is 0 Å². The summed E-state index contributed by atoms with van der Waals surface area (Å²) < 4.78 is 0. The van der Waals surface area contributed by atoms with Gasteiger partial charge in [0.25, 0.3) is 0 Å². The maximum absolute atomic E-state index is 12.9. The van der Waals surface area contributed by atoms with Crippen molar-refractivity contribution in [2.45, 2.75) is 19.3 Å². The topological polar surface area (TPSA) is 29.1 Å². The molecule has 0 unspecified atom stereocenters. The van der Waals surface area contributed by atoms with Crippen LogP contribution in [0.2, 0.25) is 0 Å². The average Bonchev–Trinajstić information content (AvgIpc) is 2.65. The van der Waals surface area contributed by atoms with E-state index in [0.717, 1.165) is 17.5 Å². The van der Waals surface area contributed by atoms with E-state index in [1.807, 2.05) is 60.7 Å². The first kappa shape index (κ1) is 17.0. The fraction of sp³-hybridized carbons (Fsp3) is 0.174. The van der Waals surface area contributed by atoms with Crippen LogP contribution in [0.3, 0.4) is 0 Å². The van der Waals surface area contributed by atoms with Gasteiger partial charge in [0.05, 0.1) is 5.92 Å². The summed E-state index contributed by atoms with van der Waals surface area (Å²) in [4.78, 5) is 12.9. The van der Waals surface area contributed by atoms with E-state index in [2.05, 4.69) is 36.5 Å². The Balaban J connectivity index is 1.70. The van der Waals surface area contributed by atoms with Gasteiger partial charge in [-0.1, -0.05) is 90.5 Å². The number of hydrogen-bond donors (Lipinski definition) is 1. The molecular formula is C23H23NO. The molecule has 0 atom stereocenters. The van der Waals surface area contributed by atoms with Crippen LogP contribution in [0.1, 0.15) is 28.2 Å². The smallest absolute Gasteiger partial charge is 0.232 e. The van der Waals surface area contributed by atoms with Crippen LogP contribution in [0.25, 0.3) is 0 Å². The average molecular weight is 329 g/mol. The second-order valence-corrected chi connectivity index (χ2v) is 6.28. The monoisotopic (exact) mass is 329 g/mol. The first-order valence-corrected chi connectivity index (χ1v) is 8.67. The fourth-order valence-electron chi connectivity index (χ4n) is 2.97. The molecule has 0 radical (unpaired) electrons. The highest BCUT2D eigenvalue weighted by Gasteiger charge is 2.21. The summed E-state index contributed by atoms with van der Waals surface area (Å²) in [5.74, 6) is -0.232. The Kier molecular flexibility index (Phi) is 5.63. The zero-order valence-electron chi connectivity index (χ0n) is 14.5. The minimum atomic E-state index is -0.277. The molecule has 0 aliphatic heterocycles. The lowest BCUT2D eigenvalue weighted by molar-refractivity contribution is -0.121. The quantitative estimate of drug-likeness (QED) is 0.709. The van der Waals surface area contributed by atoms with Gasteiger partial charge in [-0.25, -0.2) is 0 Å². The molecule has 0 heterocycles. The van der Waals surface area contributed by atoms with Gasteiger partial charge in [-0.2, -0.15) is 0 Å². The summed E-state index contributed by atoms with van der Waals surface area (Å²) in [5, 5.41) is 3.10. The molecule has 0 aliphatic carbocycles. The van der Waals surface area contributed by atoms with E-state index in [4.69, 9.17) is 0 Å². The summed E-state index contributed by atoms with van der Waals surface area (Å²) in [6, 6.07) is 28.3. The van der Waals surface area contributed by atoms with E-state index in [1.165, 1.54) is 11.1 Å². The van der Waals surface area contributed by atoms with Crippen LogP contribution in [0.15, 0.2) is 84.9 Å². The molecule has 0 saturated heterocycles. The highest BCUT2D eigenvalue weighted by molar-refractivity contribution is 5.87. The number of rotatable bonds is 6. The van der Waals surface area contributed by atoms with Crippen molar-refractivity contribution >= 4 is 5.91 Å². The summed E-state index contributed by atoms with van der Waals surface area (Å²) in [5.41, 5.74) is 4.52. The van der Waals surface area contributed by atoms with Gasteiger partial charge in [0.15, 0.2) is 0 Å². The van der Waals surface area contributed by atoms with Crippen molar-refractivity contribution in [3.8, 4) is 0 Å². The number of carbonyl (C=O) groups excluding carboxylic acids is 1. The first-order valence-electron chi connectivity index (χ1n) is 8.67. The number of carbonyl (C=O) groups is 1. The number of amides is 1. The van der Waals surface area contributed by atoms with Crippen LogP contribution < -0.4 is 5.32 Å². The van der Waals surface area contributed by atoms with E-state index in [0.29, 0.717) is 6.54 Å². The zero-order valence-corrected chi connectivity index (χ0v) is 14.5. The predicted octanol–water partition coefficient (Wildman–Crippen LogP) is 4.49. The molecule has 0 fully saturated rings. The van der Waals surface area contributed by atoms with Crippen molar-refractivity contribution in [1.82, 2.24) is 5.32 Å². The molecule has 2 heteroatoms. The van der Waals surface area contributed by atoms with E-state index < -0.39 is 0 Å². The second-order valence-electron chi connectivity index (χ2n) is 6.28. The summed E-state index contributed by atoms with van der Waals surface area (Å²) >= 11 is 0. The number of hydrogen-bond acceptors (Lipinski definition) is 1. The molecule has 3 aromatic carbocycles. The number of benzene rings is 3. The summed E-state index contributed by atoms with van der Waals surface area (Å²) in [6.45, 7) is 2.72. The van der Waals surface area contributed by atoms with Gasteiger partial charge < -0.3 is 5.32 Å². The molecule has 0 aliphatic rings. The maximum Gasteiger partial charge on any atom is 0.232 e. The number of nitrogens with one attached hydrogen (secondary N) is 1. The molecule has 0 bridgehead atoms. The molecule has 25 heavy (non-hydrogen) atoms. The van der Waals surface area contributed by atoms with Crippen molar-refractivity contribution < 1.29 is 4.79 Å². The SMILES string of the molecule is Cc1ccc(CCNC(=O)C(c2ccccc2)c2ccccc2)cc1. The highest BCUT2D eigenvalue weighted by Crippen LogP contribution is 2.24. The number of aryl methyl sites for hydroxylation is 1. The van der Waals surface area contributed by atoms with Gasteiger partial charge in [-0.3, -0.25) is 4.79 Å². The van der Waals surface area contributed by atoms with E-state index in [1.54, 1.807) is 0 Å². The Hall–Kier alpha value is -2.87. The van der Waals surface area contributed by atoms with E-state index in [9.17, 15) is 4.79 Å². The van der Waals surface area contributed by atoms with Gasteiger partial charge in [0.2, 0.25) is 5.91 Å². The predicted molar refractivity (Wildman–Crippen MR) is 103 cm³/mol. The minimum Gasteiger partial charge on any atom is -0.355 e. The molecule has 3 rings (SSSR count). The molecule has 3 aromatic rings. The Morgan fingerprint density at radius 1 is 0.800 bits per heavy atom. The van der Waals surface area contributed by atoms with Crippen LogP contribution in [0.4, 0.5) is 0 Å². The van der Waals surface area contributed by atoms with Crippen LogP contribution in [-0.2, 0) is 11.2 Å². The Labute approximate surface area is 149 Å². The minimum absolute atomic E-state index is 0.0458. The van der Waals surface area contributed by atoms with E-state index in [-0.39, 0.29) is 11.8 Å². The molecule has 0 spiro atoms. The van der Waals surface area contributed by atoms with Crippen molar-refractivity contribution in [2.24, 2.45) is 0 Å².